The third-order valence-corrected chi connectivity index (χ3v) is 5.00. The van der Waals surface area contributed by atoms with E-state index in [1.165, 1.54) is 4.57 Å². The Morgan fingerprint density at radius 1 is 1.22 bits per heavy atom. The number of imidazole rings is 1. The summed E-state index contributed by atoms with van der Waals surface area (Å²) >= 11 is 0. The van der Waals surface area contributed by atoms with E-state index in [1.54, 1.807) is 17.8 Å². The molecule has 1 aromatic carbocycles. The molecular weight excluding hydrogens is 292 g/mol. The van der Waals surface area contributed by atoms with Crippen LogP contribution in [0, 0.1) is 6.92 Å². The first-order valence-corrected chi connectivity index (χ1v) is 8.05. The second-order valence-corrected chi connectivity index (χ2v) is 6.50. The van der Waals surface area contributed by atoms with E-state index in [-0.39, 0.29) is 5.69 Å². The van der Waals surface area contributed by atoms with Gasteiger partial charge in [0.25, 0.3) is 0 Å². The van der Waals surface area contributed by atoms with E-state index in [0.29, 0.717) is 12.8 Å². The predicted molar refractivity (Wildman–Crippen MR) is 88.1 cm³/mol. The van der Waals surface area contributed by atoms with Crippen molar-refractivity contribution in [2.24, 2.45) is 7.05 Å². The van der Waals surface area contributed by atoms with Gasteiger partial charge in [-0.1, -0.05) is 31.4 Å². The number of aryl methyl sites for hydroxylation is 2. The molecule has 3 rings (SSSR count). The fraction of sp³-hybridized carbons (Fsp3) is 0.444. The average Bonchev–Trinajstić information content (AvgIpc) is 2.80. The molecule has 0 spiro atoms. The predicted octanol–water partition coefficient (Wildman–Crippen LogP) is 2.77. The van der Waals surface area contributed by atoms with Gasteiger partial charge in [-0.05, 0) is 37.5 Å². The second kappa shape index (κ2) is 5.72. The van der Waals surface area contributed by atoms with Crippen LogP contribution in [-0.2, 0) is 17.3 Å². The molecule has 122 valence electrons. The lowest BCUT2D eigenvalue weighted by Gasteiger charge is -2.33. The number of carbonyl (C=O) groups is 1. The number of rotatable bonds is 3. The molecule has 1 aliphatic carbocycles. The van der Waals surface area contributed by atoms with Gasteiger partial charge in [0.2, 0.25) is 0 Å². The monoisotopic (exact) mass is 314 g/mol. The van der Waals surface area contributed by atoms with Crippen LogP contribution in [0.15, 0.2) is 35.3 Å². The highest BCUT2D eigenvalue weighted by molar-refractivity contribution is 5.81. The van der Waals surface area contributed by atoms with Crippen molar-refractivity contribution in [2.45, 2.75) is 44.4 Å². The quantitative estimate of drug-likeness (QED) is 0.947. The van der Waals surface area contributed by atoms with Crippen LogP contribution in [0.1, 0.15) is 43.4 Å². The van der Waals surface area contributed by atoms with Crippen molar-refractivity contribution in [3.8, 4) is 5.69 Å². The summed E-state index contributed by atoms with van der Waals surface area (Å²) in [6.45, 7) is 1.88. The van der Waals surface area contributed by atoms with Crippen LogP contribution in [0.25, 0.3) is 5.69 Å². The molecule has 2 aromatic rings. The molecule has 0 aliphatic heterocycles. The molecule has 0 unspecified atom stereocenters. The van der Waals surface area contributed by atoms with Gasteiger partial charge in [0.1, 0.15) is 0 Å². The van der Waals surface area contributed by atoms with Crippen LogP contribution in [-0.4, -0.2) is 20.2 Å². The minimum absolute atomic E-state index is 0.118. The Hall–Kier alpha value is -2.30. The molecule has 1 saturated carbocycles. The summed E-state index contributed by atoms with van der Waals surface area (Å²) in [5.41, 5.74) is 1.44. The summed E-state index contributed by atoms with van der Waals surface area (Å²) in [6.07, 6.45) is 6.05. The van der Waals surface area contributed by atoms with Gasteiger partial charge in [-0.2, -0.15) is 0 Å². The Kier molecular flexibility index (Phi) is 3.88. The number of carboxylic acids is 1. The van der Waals surface area contributed by atoms with Crippen molar-refractivity contribution in [3.05, 3.63) is 52.2 Å². The summed E-state index contributed by atoms with van der Waals surface area (Å²) in [5.74, 6) is -0.758. The van der Waals surface area contributed by atoms with E-state index in [0.717, 1.165) is 36.2 Å². The molecule has 1 heterocycles. The van der Waals surface area contributed by atoms with Crippen LogP contribution in [0.4, 0.5) is 0 Å². The molecule has 23 heavy (non-hydrogen) atoms. The minimum atomic E-state index is -0.819. The highest BCUT2D eigenvalue weighted by Crippen LogP contribution is 2.40. The number of hydrogen-bond donors (Lipinski definition) is 1. The van der Waals surface area contributed by atoms with E-state index >= 15 is 0 Å². The van der Waals surface area contributed by atoms with Crippen LogP contribution < -0.4 is 5.69 Å². The fourth-order valence-electron chi connectivity index (χ4n) is 3.74. The highest BCUT2D eigenvalue weighted by Gasteiger charge is 2.41. The van der Waals surface area contributed by atoms with Crippen molar-refractivity contribution in [1.29, 1.82) is 0 Å². The first-order valence-electron chi connectivity index (χ1n) is 8.05. The minimum Gasteiger partial charge on any atom is -0.481 e. The Bertz CT molecular complexity index is 795. The fourth-order valence-corrected chi connectivity index (χ4v) is 3.74. The lowest BCUT2D eigenvalue weighted by Crippen LogP contribution is -2.38. The van der Waals surface area contributed by atoms with Gasteiger partial charge in [0.05, 0.1) is 11.1 Å². The van der Waals surface area contributed by atoms with Crippen LogP contribution >= 0.6 is 0 Å². The van der Waals surface area contributed by atoms with E-state index in [2.05, 4.69) is 0 Å². The lowest BCUT2D eigenvalue weighted by atomic mass is 9.69. The van der Waals surface area contributed by atoms with Gasteiger partial charge in [0, 0.05) is 18.9 Å². The summed E-state index contributed by atoms with van der Waals surface area (Å²) in [7, 11) is 1.72. The zero-order valence-electron chi connectivity index (χ0n) is 13.6. The van der Waals surface area contributed by atoms with Crippen molar-refractivity contribution >= 4 is 5.97 Å². The van der Waals surface area contributed by atoms with E-state index in [1.807, 2.05) is 31.2 Å². The maximum atomic E-state index is 12.3. The SMILES string of the molecule is Cc1cn(C)c(=O)n1-c1cccc(C2(C(=O)O)CCCCC2)c1. The first kappa shape index (κ1) is 15.6. The summed E-state index contributed by atoms with van der Waals surface area (Å²) in [6, 6.07) is 7.46. The molecule has 5 heteroatoms. The smallest absolute Gasteiger partial charge is 0.332 e. The van der Waals surface area contributed by atoms with Gasteiger partial charge in [-0.25, -0.2) is 4.79 Å². The van der Waals surface area contributed by atoms with E-state index in [9.17, 15) is 14.7 Å². The maximum Gasteiger partial charge on any atom is 0.332 e. The number of hydrogen-bond acceptors (Lipinski definition) is 2. The Morgan fingerprint density at radius 2 is 1.91 bits per heavy atom. The van der Waals surface area contributed by atoms with Gasteiger partial charge < -0.3 is 9.67 Å². The van der Waals surface area contributed by atoms with Crippen LogP contribution in [0.5, 0.6) is 0 Å². The van der Waals surface area contributed by atoms with Crippen molar-refractivity contribution in [3.63, 3.8) is 0 Å². The maximum absolute atomic E-state index is 12.3. The molecule has 1 fully saturated rings. The molecular formula is C18H22N2O3. The highest BCUT2D eigenvalue weighted by atomic mass is 16.4. The van der Waals surface area contributed by atoms with Crippen LogP contribution in [0.2, 0.25) is 0 Å². The Labute approximate surface area is 135 Å². The van der Waals surface area contributed by atoms with E-state index < -0.39 is 11.4 Å². The van der Waals surface area contributed by atoms with Gasteiger partial charge in [0.15, 0.2) is 0 Å². The number of benzene rings is 1. The molecule has 0 atom stereocenters. The molecule has 5 nitrogen and oxygen atoms in total. The largest absolute Gasteiger partial charge is 0.481 e. The summed E-state index contributed by atoms with van der Waals surface area (Å²) in [4.78, 5) is 24.3. The zero-order valence-corrected chi connectivity index (χ0v) is 13.6. The van der Waals surface area contributed by atoms with Crippen LogP contribution in [0.3, 0.4) is 0 Å². The van der Waals surface area contributed by atoms with Gasteiger partial charge in [-0.3, -0.25) is 9.36 Å². The average molecular weight is 314 g/mol. The second-order valence-electron chi connectivity index (χ2n) is 6.50. The third-order valence-electron chi connectivity index (χ3n) is 5.00. The van der Waals surface area contributed by atoms with Crippen molar-refractivity contribution < 1.29 is 9.90 Å². The Balaban J connectivity index is 2.12. The van der Waals surface area contributed by atoms with Crippen molar-refractivity contribution in [1.82, 2.24) is 9.13 Å². The molecule has 0 saturated heterocycles. The Morgan fingerprint density at radius 3 is 2.48 bits per heavy atom. The zero-order chi connectivity index (χ0) is 16.6. The third kappa shape index (κ3) is 2.50. The molecule has 0 bridgehead atoms. The first-order chi connectivity index (χ1) is 11.0. The standard InChI is InChI=1S/C18H22N2O3/c1-13-12-19(2)17(23)20(13)15-8-6-7-14(11-15)18(16(21)22)9-4-3-5-10-18/h6-8,11-12H,3-5,9-10H2,1-2H3,(H,21,22). The molecule has 0 radical (unpaired) electrons. The number of aromatic nitrogens is 2. The lowest BCUT2D eigenvalue weighted by molar-refractivity contribution is -0.145. The van der Waals surface area contributed by atoms with E-state index in [4.69, 9.17) is 0 Å². The van der Waals surface area contributed by atoms with Gasteiger partial charge >= 0.3 is 11.7 Å². The normalized spacial score (nSPS) is 17.1. The summed E-state index contributed by atoms with van der Waals surface area (Å²) < 4.78 is 3.16. The number of carboxylic acid groups (broad SMARTS) is 1. The van der Waals surface area contributed by atoms with Crippen molar-refractivity contribution in [2.75, 3.05) is 0 Å². The molecule has 0 amide bonds. The number of nitrogens with zero attached hydrogens (tertiary/aromatic N) is 2. The molecule has 1 aromatic heterocycles. The topological polar surface area (TPSA) is 64.2 Å². The molecule has 1 N–H and O–H groups in total. The molecule has 1 aliphatic rings. The number of aliphatic carboxylic acids is 1. The summed E-state index contributed by atoms with van der Waals surface area (Å²) in [5, 5.41) is 9.84. The van der Waals surface area contributed by atoms with Gasteiger partial charge in [-0.15, -0.1) is 0 Å².